The van der Waals surface area contributed by atoms with E-state index in [0.29, 0.717) is 10.0 Å². The summed E-state index contributed by atoms with van der Waals surface area (Å²) in [6.45, 7) is 0. The molecule has 0 aliphatic heterocycles. The number of benzene rings is 1. The Kier molecular flexibility index (Phi) is 4.09. The number of rotatable bonds is 4. The second-order valence-corrected chi connectivity index (χ2v) is 6.20. The highest BCUT2D eigenvalue weighted by Gasteiger charge is 2.12. The van der Waals surface area contributed by atoms with Crippen molar-refractivity contribution >= 4 is 35.0 Å². The Morgan fingerprint density at radius 3 is 2.64 bits per heavy atom. The van der Waals surface area contributed by atoms with Crippen LogP contribution in [0.5, 0.6) is 0 Å². The number of para-hydroxylation sites is 1. The molecule has 1 aromatic carbocycles. The Morgan fingerprint density at radius 2 is 2.00 bits per heavy atom. The summed E-state index contributed by atoms with van der Waals surface area (Å²) in [6, 6.07) is 13.3. The first kappa shape index (κ1) is 14.6. The molecule has 0 bridgehead atoms. The fourth-order valence-electron chi connectivity index (χ4n) is 2.02. The Morgan fingerprint density at radius 1 is 1.23 bits per heavy atom. The minimum atomic E-state index is -0.998. The topological polar surface area (TPSA) is 55.1 Å². The zero-order valence-electron chi connectivity index (χ0n) is 11.3. The number of hydrogen-bond donors (Lipinski definition) is 1. The number of carbonyl (C=O) groups is 1. The van der Waals surface area contributed by atoms with Crippen LogP contribution in [-0.2, 0) is 4.79 Å². The lowest BCUT2D eigenvalue weighted by molar-refractivity contribution is -0.131. The maximum atomic E-state index is 10.8. The molecular formula is C16H11ClN2O2S. The Bertz CT molecular complexity index is 837. The van der Waals surface area contributed by atoms with Gasteiger partial charge in [-0.05, 0) is 30.3 Å². The normalized spacial score (nSPS) is 11.1. The van der Waals surface area contributed by atoms with Crippen LogP contribution in [0, 0.1) is 0 Å². The zero-order chi connectivity index (χ0) is 15.5. The number of thiophene rings is 1. The van der Waals surface area contributed by atoms with E-state index in [1.165, 1.54) is 17.4 Å². The van der Waals surface area contributed by atoms with Gasteiger partial charge in [0.15, 0.2) is 0 Å². The Hall–Kier alpha value is -2.37. The summed E-state index contributed by atoms with van der Waals surface area (Å²) in [6.07, 6.45) is 4.44. The first-order valence-electron chi connectivity index (χ1n) is 6.45. The Labute approximate surface area is 135 Å². The summed E-state index contributed by atoms with van der Waals surface area (Å²) in [5.74, 6) is -0.998. The molecule has 0 radical (unpaired) electrons. The molecule has 0 fully saturated rings. The second-order valence-electron chi connectivity index (χ2n) is 4.49. The zero-order valence-corrected chi connectivity index (χ0v) is 12.9. The van der Waals surface area contributed by atoms with Gasteiger partial charge in [-0.3, -0.25) is 0 Å². The molecule has 2 heterocycles. The predicted octanol–water partition coefficient (Wildman–Crippen LogP) is 4.35. The summed E-state index contributed by atoms with van der Waals surface area (Å²) in [4.78, 5) is 11.7. The predicted molar refractivity (Wildman–Crippen MR) is 88.6 cm³/mol. The van der Waals surface area contributed by atoms with Crippen LogP contribution in [0.25, 0.3) is 22.3 Å². The molecule has 3 rings (SSSR count). The van der Waals surface area contributed by atoms with Crippen molar-refractivity contribution < 1.29 is 9.90 Å². The first-order valence-corrected chi connectivity index (χ1v) is 7.65. The van der Waals surface area contributed by atoms with Gasteiger partial charge in [-0.15, -0.1) is 11.3 Å². The first-order chi connectivity index (χ1) is 10.6. The van der Waals surface area contributed by atoms with Crippen LogP contribution in [-0.4, -0.2) is 20.9 Å². The van der Waals surface area contributed by atoms with Crippen molar-refractivity contribution in [2.75, 3.05) is 0 Å². The third-order valence-electron chi connectivity index (χ3n) is 2.98. The molecule has 0 saturated carbocycles. The van der Waals surface area contributed by atoms with Crippen molar-refractivity contribution in [2.45, 2.75) is 0 Å². The maximum absolute atomic E-state index is 10.8. The fourth-order valence-corrected chi connectivity index (χ4v) is 3.07. The number of carboxylic acids is 1. The van der Waals surface area contributed by atoms with Crippen LogP contribution in [0.3, 0.4) is 0 Å². The van der Waals surface area contributed by atoms with E-state index >= 15 is 0 Å². The highest BCUT2D eigenvalue weighted by atomic mass is 35.5. The number of nitrogens with zero attached hydrogens (tertiary/aromatic N) is 2. The molecule has 3 aromatic rings. The van der Waals surface area contributed by atoms with Gasteiger partial charge in [0.1, 0.15) is 5.69 Å². The average molecular weight is 331 g/mol. The minimum Gasteiger partial charge on any atom is -0.478 e. The van der Waals surface area contributed by atoms with E-state index < -0.39 is 5.97 Å². The molecule has 0 aliphatic rings. The highest BCUT2D eigenvalue weighted by Crippen LogP contribution is 2.33. The molecule has 0 saturated heterocycles. The van der Waals surface area contributed by atoms with Crippen molar-refractivity contribution in [3.05, 3.63) is 64.6 Å². The SMILES string of the molecule is O=C(O)C=Cc1cn(-c2ccccc2)nc1-c1ccc(Cl)s1. The summed E-state index contributed by atoms with van der Waals surface area (Å²) in [5.41, 5.74) is 2.34. The van der Waals surface area contributed by atoms with Crippen molar-refractivity contribution in [2.24, 2.45) is 0 Å². The van der Waals surface area contributed by atoms with Gasteiger partial charge in [-0.2, -0.15) is 5.10 Å². The molecule has 4 nitrogen and oxygen atoms in total. The van der Waals surface area contributed by atoms with Crippen LogP contribution in [0.1, 0.15) is 5.56 Å². The average Bonchev–Trinajstić information content (AvgIpc) is 3.12. The van der Waals surface area contributed by atoms with Gasteiger partial charge in [0.05, 0.1) is 14.9 Å². The largest absolute Gasteiger partial charge is 0.478 e. The smallest absolute Gasteiger partial charge is 0.328 e. The fraction of sp³-hybridized carbons (Fsp3) is 0. The van der Waals surface area contributed by atoms with E-state index in [9.17, 15) is 4.79 Å². The third-order valence-corrected chi connectivity index (χ3v) is 4.21. The Balaban J connectivity index is 2.10. The van der Waals surface area contributed by atoms with E-state index in [-0.39, 0.29) is 0 Å². The van der Waals surface area contributed by atoms with E-state index in [1.54, 1.807) is 16.9 Å². The molecule has 6 heteroatoms. The van der Waals surface area contributed by atoms with Gasteiger partial charge in [-0.25, -0.2) is 9.48 Å². The van der Waals surface area contributed by atoms with Crippen molar-refractivity contribution in [1.82, 2.24) is 9.78 Å². The van der Waals surface area contributed by atoms with Gasteiger partial charge < -0.3 is 5.11 Å². The molecule has 2 aromatic heterocycles. The van der Waals surface area contributed by atoms with Crippen molar-refractivity contribution in [3.8, 4) is 16.3 Å². The minimum absolute atomic E-state index is 0.664. The van der Waals surface area contributed by atoms with Crippen LogP contribution in [0.2, 0.25) is 4.34 Å². The van der Waals surface area contributed by atoms with E-state index in [4.69, 9.17) is 16.7 Å². The summed E-state index contributed by atoms with van der Waals surface area (Å²) in [7, 11) is 0. The molecule has 0 unspecified atom stereocenters. The molecule has 1 N–H and O–H groups in total. The van der Waals surface area contributed by atoms with E-state index in [0.717, 1.165) is 22.2 Å². The maximum Gasteiger partial charge on any atom is 0.328 e. The van der Waals surface area contributed by atoms with Crippen LogP contribution in [0.15, 0.2) is 54.7 Å². The van der Waals surface area contributed by atoms with Gasteiger partial charge in [0.25, 0.3) is 0 Å². The summed E-state index contributed by atoms with van der Waals surface area (Å²) in [5, 5.41) is 13.4. The van der Waals surface area contributed by atoms with Crippen LogP contribution < -0.4 is 0 Å². The van der Waals surface area contributed by atoms with Crippen molar-refractivity contribution in [1.29, 1.82) is 0 Å². The lowest BCUT2D eigenvalue weighted by Crippen LogP contribution is -1.93. The highest BCUT2D eigenvalue weighted by molar-refractivity contribution is 7.19. The van der Waals surface area contributed by atoms with Crippen LogP contribution >= 0.6 is 22.9 Å². The van der Waals surface area contributed by atoms with Gasteiger partial charge in [0, 0.05) is 17.8 Å². The van der Waals surface area contributed by atoms with Gasteiger partial charge in [-0.1, -0.05) is 29.8 Å². The molecule has 0 aliphatic carbocycles. The van der Waals surface area contributed by atoms with Gasteiger partial charge >= 0.3 is 5.97 Å². The van der Waals surface area contributed by atoms with Gasteiger partial charge in [0.2, 0.25) is 0 Å². The van der Waals surface area contributed by atoms with E-state index in [2.05, 4.69) is 5.10 Å². The lowest BCUT2D eigenvalue weighted by Gasteiger charge is -1.99. The second kappa shape index (κ2) is 6.17. The lowest BCUT2D eigenvalue weighted by atomic mass is 10.2. The molecule has 0 amide bonds. The molecule has 110 valence electrons. The third kappa shape index (κ3) is 3.10. The molecule has 0 spiro atoms. The van der Waals surface area contributed by atoms with Crippen molar-refractivity contribution in [3.63, 3.8) is 0 Å². The number of halogens is 1. The molecule has 0 atom stereocenters. The van der Waals surface area contributed by atoms with Crippen LogP contribution in [0.4, 0.5) is 0 Å². The summed E-state index contributed by atoms with van der Waals surface area (Å²) >= 11 is 7.39. The number of carboxylic acid groups (broad SMARTS) is 1. The quantitative estimate of drug-likeness (QED) is 0.723. The molecular weight excluding hydrogens is 320 g/mol. The number of aliphatic carboxylic acids is 1. The number of hydrogen-bond acceptors (Lipinski definition) is 3. The number of aromatic nitrogens is 2. The standard InChI is InChI=1S/C16H11ClN2O2S/c17-14-8-7-13(22-14)16-11(6-9-15(20)21)10-19(18-16)12-4-2-1-3-5-12/h1-10H,(H,20,21). The molecule has 22 heavy (non-hydrogen) atoms. The monoisotopic (exact) mass is 330 g/mol. The van der Waals surface area contributed by atoms with E-state index in [1.807, 2.05) is 36.4 Å². The summed E-state index contributed by atoms with van der Waals surface area (Å²) < 4.78 is 2.39.